The average molecular weight is 415 g/mol. The monoisotopic (exact) mass is 414 g/mol. The minimum atomic E-state index is -0.362. The van der Waals surface area contributed by atoms with Crippen molar-refractivity contribution in [3.63, 3.8) is 0 Å². The van der Waals surface area contributed by atoms with Gasteiger partial charge in [-0.05, 0) is 29.5 Å². The summed E-state index contributed by atoms with van der Waals surface area (Å²) in [6, 6.07) is 32.5. The molecule has 3 nitrogen and oxygen atoms in total. The lowest BCUT2D eigenvalue weighted by atomic mass is 9.94. The van der Waals surface area contributed by atoms with Crippen LogP contribution in [0, 0.1) is 0 Å². The van der Waals surface area contributed by atoms with E-state index < -0.39 is 0 Å². The quantitative estimate of drug-likeness (QED) is 0.544. The van der Waals surface area contributed by atoms with Gasteiger partial charge >= 0.3 is 0 Å². The predicted octanol–water partition coefficient (Wildman–Crippen LogP) is 5.28. The summed E-state index contributed by atoms with van der Waals surface area (Å²) in [5.74, 6) is 0. The van der Waals surface area contributed by atoms with Crippen molar-refractivity contribution < 1.29 is 5.11 Å². The number of β-amino-alcohol motifs (C(OH)–C–C–N with tert-alkyl or cyclic N) is 1. The number of piperidine rings is 1. The van der Waals surface area contributed by atoms with Crippen molar-refractivity contribution in [3.05, 3.63) is 108 Å². The van der Waals surface area contributed by atoms with Crippen molar-refractivity contribution in [2.45, 2.75) is 51.0 Å². The van der Waals surface area contributed by atoms with Gasteiger partial charge in [0.2, 0.25) is 0 Å². The van der Waals surface area contributed by atoms with E-state index >= 15 is 0 Å². The van der Waals surface area contributed by atoms with Gasteiger partial charge in [0.05, 0.1) is 6.10 Å². The van der Waals surface area contributed by atoms with Gasteiger partial charge in [-0.3, -0.25) is 9.80 Å². The van der Waals surface area contributed by atoms with Crippen LogP contribution in [0.15, 0.2) is 91.0 Å². The number of hydrogen-bond donors (Lipinski definition) is 1. The number of benzene rings is 3. The fraction of sp³-hybridized carbons (Fsp3) is 0.357. The van der Waals surface area contributed by atoms with Crippen molar-refractivity contribution in [1.29, 1.82) is 0 Å². The van der Waals surface area contributed by atoms with Crippen molar-refractivity contribution in [3.8, 4) is 0 Å². The van der Waals surface area contributed by atoms with Crippen LogP contribution >= 0.6 is 0 Å². The molecule has 4 rings (SSSR count). The highest BCUT2D eigenvalue weighted by molar-refractivity contribution is 5.20. The normalized spacial score (nSPS) is 20.6. The van der Waals surface area contributed by atoms with E-state index in [2.05, 4.69) is 108 Å². The van der Waals surface area contributed by atoms with Crippen LogP contribution in [0.4, 0.5) is 0 Å². The smallest absolute Gasteiger partial charge is 0.0822 e. The van der Waals surface area contributed by atoms with Gasteiger partial charge in [-0.15, -0.1) is 0 Å². The fourth-order valence-electron chi connectivity index (χ4n) is 4.96. The first-order valence-electron chi connectivity index (χ1n) is 11.5. The van der Waals surface area contributed by atoms with E-state index in [1.165, 1.54) is 16.7 Å². The second-order valence-electron chi connectivity index (χ2n) is 8.63. The number of rotatable bonds is 8. The van der Waals surface area contributed by atoms with Crippen LogP contribution in [0.3, 0.4) is 0 Å². The Bertz CT molecular complexity index is 859. The molecule has 0 aliphatic carbocycles. The summed E-state index contributed by atoms with van der Waals surface area (Å²) in [6.45, 7) is 5.68. The Morgan fingerprint density at radius 2 is 1.35 bits per heavy atom. The molecule has 1 N–H and O–H groups in total. The Hall–Kier alpha value is -2.46. The standard InChI is InChI=1S/C28H34N2O/c1-2-26(25-16-10-5-11-17-25)29-19-18-27(28(31)22-29)30(20-23-12-6-3-7-13-23)21-24-14-8-4-9-15-24/h3-17,26-28,31H,2,18-22H2,1H3. The molecule has 162 valence electrons. The van der Waals surface area contributed by atoms with E-state index in [1.54, 1.807) is 0 Å². The summed E-state index contributed by atoms with van der Waals surface area (Å²) in [5, 5.41) is 11.3. The van der Waals surface area contributed by atoms with Crippen molar-refractivity contribution >= 4 is 0 Å². The van der Waals surface area contributed by atoms with Gasteiger partial charge in [-0.1, -0.05) is 97.9 Å². The molecule has 1 aliphatic heterocycles. The third-order valence-electron chi connectivity index (χ3n) is 6.52. The second-order valence-corrected chi connectivity index (χ2v) is 8.63. The predicted molar refractivity (Wildman–Crippen MR) is 128 cm³/mol. The lowest BCUT2D eigenvalue weighted by Crippen LogP contribution is -2.54. The first-order valence-corrected chi connectivity index (χ1v) is 11.5. The Balaban J connectivity index is 1.49. The van der Waals surface area contributed by atoms with Crippen molar-refractivity contribution in [2.24, 2.45) is 0 Å². The molecule has 1 aliphatic rings. The highest BCUT2D eigenvalue weighted by Gasteiger charge is 2.34. The van der Waals surface area contributed by atoms with E-state index in [0.29, 0.717) is 6.04 Å². The summed E-state index contributed by atoms with van der Waals surface area (Å²) in [4.78, 5) is 4.94. The van der Waals surface area contributed by atoms with Gasteiger partial charge in [0.15, 0.2) is 0 Å². The molecule has 3 atom stereocenters. The molecule has 0 radical (unpaired) electrons. The minimum absolute atomic E-state index is 0.157. The van der Waals surface area contributed by atoms with Gasteiger partial charge in [-0.25, -0.2) is 0 Å². The van der Waals surface area contributed by atoms with Crippen LogP contribution in [0.5, 0.6) is 0 Å². The van der Waals surface area contributed by atoms with E-state index in [9.17, 15) is 5.11 Å². The molecule has 0 spiro atoms. The summed E-state index contributed by atoms with van der Waals surface area (Å²) >= 11 is 0. The zero-order valence-electron chi connectivity index (χ0n) is 18.5. The highest BCUT2D eigenvalue weighted by Crippen LogP contribution is 2.30. The molecular formula is C28H34N2O. The zero-order valence-corrected chi connectivity index (χ0v) is 18.5. The molecule has 1 saturated heterocycles. The molecule has 0 bridgehead atoms. The van der Waals surface area contributed by atoms with E-state index in [1.807, 2.05) is 0 Å². The van der Waals surface area contributed by atoms with E-state index in [0.717, 1.165) is 39.0 Å². The Morgan fingerprint density at radius 3 is 1.84 bits per heavy atom. The molecule has 3 aromatic rings. The van der Waals surface area contributed by atoms with Crippen LogP contribution < -0.4 is 0 Å². The van der Waals surface area contributed by atoms with Gasteiger partial charge in [0.25, 0.3) is 0 Å². The maximum Gasteiger partial charge on any atom is 0.0822 e. The third kappa shape index (κ3) is 5.62. The maximum atomic E-state index is 11.3. The lowest BCUT2D eigenvalue weighted by Gasteiger charge is -2.44. The average Bonchev–Trinajstić information content (AvgIpc) is 2.81. The summed E-state index contributed by atoms with van der Waals surface area (Å²) in [7, 11) is 0. The molecule has 3 aromatic carbocycles. The van der Waals surface area contributed by atoms with Crippen LogP contribution in [0.25, 0.3) is 0 Å². The Kier molecular flexibility index (Phi) is 7.52. The third-order valence-corrected chi connectivity index (χ3v) is 6.52. The molecule has 31 heavy (non-hydrogen) atoms. The van der Waals surface area contributed by atoms with Crippen molar-refractivity contribution in [2.75, 3.05) is 13.1 Å². The van der Waals surface area contributed by atoms with Gasteiger partial charge in [0, 0.05) is 38.3 Å². The molecule has 0 saturated carbocycles. The van der Waals surface area contributed by atoms with E-state index in [4.69, 9.17) is 0 Å². The summed E-state index contributed by atoms with van der Waals surface area (Å²) < 4.78 is 0. The van der Waals surface area contributed by atoms with Crippen LogP contribution in [-0.4, -0.2) is 40.1 Å². The number of nitrogens with zero attached hydrogens (tertiary/aromatic N) is 2. The van der Waals surface area contributed by atoms with Crippen LogP contribution in [0.2, 0.25) is 0 Å². The molecule has 1 heterocycles. The Morgan fingerprint density at radius 1 is 0.839 bits per heavy atom. The molecule has 0 amide bonds. The molecule has 1 fully saturated rings. The Labute approximate surface area is 187 Å². The summed E-state index contributed by atoms with van der Waals surface area (Å²) in [5.41, 5.74) is 3.94. The number of aliphatic hydroxyl groups is 1. The number of aliphatic hydroxyl groups excluding tert-OH is 1. The summed E-state index contributed by atoms with van der Waals surface area (Å²) in [6.07, 6.45) is 1.67. The van der Waals surface area contributed by atoms with Crippen LogP contribution in [0.1, 0.15) is 42.5 Å². The lowest BCUT2D eigenvalue weighted by molar-refractivity contribution is -0.0327. The first kappa shape index (κ1) is 21.8. The zero-order chi connectivity index (χ0) is 21.5. The SMILES string of the molecule is CCC(c1ccccc1)N1CCC(N(Cc2ccccc2)Cc2ccccc2)C(O)C1. The van der Waals surface area contributed by atoms with Gasteiger partial charge < -0.3 is 5.11 Å². The fourth-order valence-corrected chi connectivity index (χ4v) is 4.96. The van der Waals surface area contributed by atoms with Gasteiger partial charge in [0.1, 0.15) is 0 Å². The topological polar surface area (TPSA) is 26.7 Å². The largest absolute Gasteiger partial charge is 0.390 e. The van der Waals surface area contributed by atoms with Gasteiger partial charge in [-0.2, -0.15) is 0 Å². The van der Waals surface area contributed by atoms with E-state index in [-0.39, 0.29) is 12.1 Å². The molecule has 3 heteroatoms. The second kappa shape index (κ2) is 10.7. The minimum Gasteiger partial charge on any atom is -0.390 e. The maximum absolute atomic E-state index is 11.3. The number of likely N-dealkylation sites (tertiary alicyclic amines) is 1. The van der Waals surface area contributed by atoms with Crippen molar-refractivity contribution in [1.82, 2.24) is 9.80 Å². The molecule has 3 unspecified atom stereocenters. The van der Waals surface area contributed by atoms with Crippen LogP contribution in [-0.2, 0) is 13.1 Å². The first-order chi connectivity index (χ1) is 15.2. The molecule has 0 aromatic heterocycles. The molecular weight excluding hydrogens is 380 g/mol. The highest BCUT2D eigenvalue weighted by atomic mass is 16.3. The number of hydrogen-bond acceptors (Lipinski definition) is 3.